The van der Waals surface area contributed by atoms with Crippen molar-refractivity contribution >= 4 is 11.9 Å². The van der Waals surface area contributed by atoms with Crippen molar-refractivity contribution in [3.05, 3.63) is 0 Å². The first-order valence-corrected chi connectivity index (χ1v) is 5.83. The van der Waals surface area contributed by atoms with E-state index in [9.17, 15) is 9.59 Å². The number of hydrogen-bond acceptors (Lipinski definition) is 3. The lowest BCUT2D eigenvalue weighted by atomic mass is 9.74. The lowest BCUT2D eigenvalue weighted by Crippen LogP contribution is -2.44. The lowest BCUT2D eigenvalue weighted by molar-refractivity contribution is -0.129. The number of rotatable bonds is 4. The van der Waals surface area contributed by atoms with Gasteiger partial charge in [0.1, 0.15) is 5.41 Å². The minimum absolute atomic E-state index is 0.231. The van der Waals surface area contributed by atoms with Crippen LogP contribution < -0.4 is 16.4 Å². The molecule has 0 heterocycles. The van der Waals surface area contributed by atoms with E-state index in [4.69, 9.17) is 11.0 Å². The molecule has 17 heavy (non-hydrogen) atoms. The molecule has 3 amide bonds. The minimum atomic E-state index is -0.870. The van der Waals surface area contributed by atoms with E-state index in [1.807, 2.05) is 0 Å². The van der Waals surface area contributed by atoms with Gasteiger partial charge in [0.05, 0.1) is 6.07 Å². The molecule has 1 aliphatic rings. The Morgan fingerprint density at radius 1 is 1.18 bits per heavy atom. The lowest BCUT2D eigenvalue weighted by Gasteiger charge is -2.29. The Balaban J connectivity index is 2.39. The van der Waals surface area contributed by atoms with Gasteiger partial charge in [-0.3, -0.25) is 4.79 Å². The van der Waals surface area contributed by atoms with E-state index >= 15 is 0 Å². The highest BCUT2D eigenvalue weighted by molar-refractivity contribution is 5.85. The van der Waals surface area contributed by atoms with Crippen molar-refractivity contribution in [3.63, 3.8) is 0 Å². The van der Waals surface area contributed by atoms with Crippen LogP contribution in [-0.4, -0.2) is 25.0 Å². The van der Waals surface area contributed by atoms with Crippen molar-refractivity contribution in [2.75, 3.05) is 13.1 Å². The van der Waals surface area contributed by atoms with Gasteiger partial charge in [-0.2, -0.15) is 5.26 Å². The van der Waals surface area contributed by atoms with Crippen LogP contribution in [0.15, 0.2) is 0 Å². The zero-order valence-corrected chi connectivity index (χ0v) is 9.79. The maximum Gasteiger partial charge on any atom is 0.312 e. The number of primary amides is 1. The smallest absolute Gasteiger partial charge is 0.312 e. The summed E-state index contributed by atoms with van der Waals surface area (Å²) in [5.74, 6) is -0.231. The van der Waals surface area contributed by atoms with Crippen LogP contribution in [0.2, 0.25) is 0 Å². The monoisotopic (exact) mass is 238 g/mol. The SMILES string of the molecule is N#CC1(C(=O)NCCNC(N)=O)CCCCC1. The topological polar surface area (TPSA) is 108 Å². The van der Waals surface area contributed by atoms with Gasteiger partial charge in [0, 0.05) is 13.1 Å². The van der Waals surface area contributed by atoms with Gasteiger partial charge in [0.2, 0.25) is 5.91 Å². The molecule has 94 valence electrons. The van der Waals surface area contributed by atoms with Crippen LogP contribution in [0, 0.1) is 16.7 Å². The molecule has 0 aromatic carbocycles. The van der Waals surface area contributed by atoms with E-state index in [1.165, 1.54) is 0 Å². The van der Waals surface area contributed by atoms with E-state index in [2.05, 4.69) is 16.7 Å². The van der Waals surface area contributed by atoms with Crippen molar-refractivity contribution in [3.8, 4) is 6.07 Å². The maximum absolute atomic E-state index is 11.9. The number of hydrogen-bond donors (Lipinski definition) is 3. The predicted octanol–water partition coefficient (Wildman–Crippen LogP) is 0.245. The maximum atomic E-state index is 11.9. The second kappa shape index (κ2) is 6.09. The van der Waals surface area contributed by atoms with E-state index in [0.717, 1.165) is 19.3 Å². The Morgan fingerprint density at radius 2 is 1.76 bits per heavy atom. The highest BCUT2D eigenvalue weighted by atomic mass is 16.2. The highest BCUT2D eigenvalue weighted by Gasteiger charge is 2.39. The molecular formula is C11H18N4O2. The van der Waals surface area contributed by atoms with Gasteiger partial charge in [-0.25, -0.2) is 4.79 Å². The molecule has 0 aliphatic heterocycles. The quantitative estimate of drug-likeness (QED) is 0.610. The van der Waals surface area contributed by atoms with Crippen LogP contribution in [0.5, 0.6) is 0 Å². The summed E-state index contributed by atoms with van der Waals surface area (Å²) >= 11 is 0. The number of nitriles is 1. The fraction of sp³-hybridized carbons (Fsp3) is 0.727. The van der Waals surface area contributed by atoms with Crippen molar-refractivity contribution < 1.29 is 9.59 Å². The van der Waals surface area contributed by atoms with Crippen LogP contribution in [0.25, 0.3) is 0 Å². The first-order valence-electron chi connectivity index (χ1n) is 5.83. The van der Waals surface area contributed by atoms with Crippen molar-refractivity contribution in [1.29, 1.82) is 5.26 Å². The third-order valence-corrected chi connectivity index (χ3v) is 3.07. The first kappa shape index (κ1) is 13.3. The number of amides is 3. The van der Waals surface area contributed by atoms with Gasteiger partial charge < -0.3 is 16.4 Å². The Hall–Kier alpha value is -1.77. The Kier molecular flexibility index (Phi) is 4.76. The minimum Gasteiger partial charge on any atom is -0.353 e. The molecule has 0 aromatic rings. The normalized spacial score (nSPS) is 17.8. The number of urea groups is 1. The number of carbonyl (C=O) groups is 2. The average molecular weight is 238 g/mol. The molecule has 0 spiro atoms. The van der Waals surface area contributed by atoms with Crippen LogP contribution in [-0.2, 0) is 4.79 Å². The summed E-state index contributed by atoms with van der Waals surface area (Å²) in [4.78, 5) is 22.3. The fourth-order valence-corrected chi connectivity index (χ4v) is 2.08. The number of nitrogens with zero attached hydrogens (tertiary/aromatic N) is 1. The highest BCUT2D eigenvalue weighted by Crippen LogP contribution is 2.35. The molecular weight excluding hydrogens is 220 g/mol. The molecule has 1 aliphatic carbocycles. The van der Waals surface area contributed by atoms with Gasteiger partial charge >= 0.3 is 6.03 Å². The molecule has 1 saturated carbocycles. The first-order chi connectivity index (χ1) is 8.10. The second-order valence-electron chi connectivity index (χ2n) is 4.30. The van der Waals surface area contributed by atoms with E-state index < -0.39 is 11.4 Å². The molecule has 0 bridgehead atoms. The average Bonchev–Trinajstić information content (AvgIpc) is 2.35. The van der Waals surface area contributed by atoms with Gasteiger partial charge in [-0.1, -0.05) is 19.3 Å². The fourth-order valence-electron chi connectivity index (χ4n) is 2.08. The number of nitrogens with one attached hydrogen (secondary N) is 2. The number of nitrogens with two attached hydrogens (primary N) is 1. The summed E-state index contributed by atoms with van der Waals surface area (Å²) in [7, 11) is 0. The molecule has 0 saturated heterocycles. The van der Waals surface area contributed by atoms with Gasteiger partial charge in [-0.05, 0) is 12.8 Å². The standard InChI is InChI=1S/C11H18N4O2/c12-8-11(4-2-1-3-5-11)9(16)14-6-7-15-10(13)17/h1-7H2,(H,14,16)(H3,13,15,17). The van der Waals surface area contributed by atoms with E-state index in [0.29, 0.717) is 19.4 Å². The Labute approximate surface area is 101 Å². The van der Waals surface area contributed by atoms with Crippen LogP contribution in [0.1, 0.15) is 32.1 Å². The summed E-state index contributed by atoms with van der Waals surface area (Å²) < 4.78 is 0. The van der Waals surface area contributed by atoms with Crippen LogP contribution in [0.4, 0.5) is 4.79 Å². The van der Waals surface area contributed by atoms with Crippen molar-refractivity contribution in [2.24, 2.45) is 11.1 Å². The van der Waals surface area contributed by atoms with Gasteiger partial charge in [-0.15, -0.1) is 0 Å². The van der Waals surface area contributed by atoms with Gasteiger partial charge in [0.15, 0.2) is 0 Å². The molecule has 0 aromatic heterocycles. The largest absolute Gasteiger partial charge is 0.353 e. The summed E-state index contributed by atoms with van der Waals surface area (Å²) in [5, 5.41) is 14.2. The molecule has 0 atom stereocenters. The summed E-state index contributed by atoms with van der Waals surface area (Å²) in [6.07, 6.45) is 4.16. The van der Waals surface area contributed by atoms with Crippen LogP contribution in [0.3, 0.4) is 0 Å². The molecule has 0 radical (unpaired) electrons. The van der Waals surface area contributed by atoms with Crippen molar-refractivity contribution in [1.82, 2.24) is 10.6 Å². The molecule has 6 heteroatoms. The molecule has 4 N–H and O–H groups in total. The third kappa shape index (κ3) is 3.63. The Morgan fingerprint density at radius 3 is 2.29 bits per heavy atom. The number of carbonyl (C=O) groups excluding carboxylic acids is 2. The van der Waals surface area contributed by atoms with E-state index in [1.54, 1.807) is 0 Å². The third-order valence-electron chi connectivity index (χ3n) is 3.07. The van der Waals surface area contributed by atoms with Gasteiger partial charge in [0.25, 0.3) is 0 Å². The van der Waals surface area contributed by atoms with Crippen molar-refractivity contribution in [2.45, 2.75) is 32.1 Å². The summed E-state index contributed by atoms with van der Waals surface area (Å²) in [6, 6.07) is 1.52. The summed E-state index contributed by atoms with van der Waals surface area (Å²) in [5.41, 5.74) is 4.02. The van der Waals surface area contributed by atoms with Crippen LogP contribution >= 0.6 is 0 Å². The predicted molar refractivity (Wildman–Crippen MR) is 61.7 cm³/mol. The van der Waals surface area contributed by atoms with E-state index in [-0.39, 0.29) is 12.5 Å². The molecule has 0 unspecified atom stereocenters. The zero-order valence-electron chi connectivity index (χ0n) is 9.79. The Bertz CT molecular complexity index is 329. The molecule has 1 rings (SSSR count). The zero-order chi connectivity index (χ0) is 12.7. The molecule has 1 fully saturated rings. The second-order valence-corrected chi connectivity index (χ2v) is 4.30. The summed E-state index contributed by atoms with van der Waals surface area (Å²) in [6.45, 7) is 0.577. The molecule has 6 nitrogen and oxygen atoms in total.